The maximum absolute atomic E-state index is 12.2. The van der Waals surface area contributed by atoms with Crippen LogP contribution in [0, 0.1) is 11.8 Å². The van der Waals surface area contributed by atoms with E-state index >= 15 is 0 Å². The lowest BCUT2D eigenvalue weighted by Crippen LogP contribution is -2.66. The zero-order chi connectivity index (χ0) is 17.9. The Bertz CT molecular complexity index is 612. The molecule has 25 heavy (non-hydrogen) atoms. The van der Waals surface area contributed by atoms with Crippen molar-refractivity contribution < 1.29 is 14.3 Å². The molecule has 1 aromatic rings. The molecule has 0 unspecified atom stereocenters. The monoisotopic (exact) mass is 345 g/mol. The van der Waals surface area contributed by atoms with Crippen molar-refractivity contribution in [3.63, 3.8) is 0 Å². The highest BCUT2D eigenvalue weighted by molar-refractivity contribution is 5.93. The van der Waals surface area contributed by atoms with Crippen molar-refractivity contribution in [2.75, 3.05) is 26.2 Å². The van der Waals surface area contributed by atoms with Gasteiger partial charge in [-0.1, -0.05) is 13.8 Å². The molecule has 0 saturated carbocycles. The van der Waals surface area contributed by atoms with Gasteiger partial charge in [-0.15, -0.1) is 0 Å². The van der Waals surface area contributed by atoms with Crippen molar-refractivity contribution in [1.29, 1.82) is 0 Å². The highest BCUT2D eigenvalue weighted by Crippen LogP contribution is 2.41. The number of nitrogens with zero attached hydrogens (tertiary/aromatic N) is 2. The first kappa shape index (κ1) is 17.9. The van der Waals surface area contributed by atoms with Gasteiger partial charge >= 0.3 is 0 Å². The molecule has 2 amide bonds. The number of rotatable bonds is 6. The summed E-state index contributed by atoms with van der Waals surface area (Å²) in [6.07, 6.45) is 5.71. The number of hydrogen-bond acceptors (Lipinski definition) is 4. The molecule has 0 radical (unpaired) electrons. The van der Waals surface area contributed by atoms with E-state index in [1.54, 1.807) is 24.5 Å². The normalized spacial score (nSPS) is 21.4. The highest BCUT2D eigenvalue weighted by atomic mass is 16.5. The Labute approximate surface area is 148 Å². The molecule has 2 fully saturated rings. The van der Waals surface area contributed by atoms with Crippen molar-refractivity contribution in [3.05, 3.63) is 30.1 Å². The molecule has 0 aromatic carbocycles. The van der Waals surface area contributed by atoms with Crippen LogP contribution in [0.25, 0.3) is 0 Å². The van der Waals surface area contributed by atoms with Crippen molar-refractivity contribution in [1.82, 2.24) is 15.2 Å². The lowest BCUT2D eigenvalue weighted by atomic mass is 9.78. The average Bonchev–Trinajstić information content (AvgIpc) is 2.97. The molecule has 3 heterocycles. The Balaban J connectivity index is 1.45. The van der Waals surface area contributed by atoms with Crippen LogP contribution in [0.4, 0.5) is 0 Å². The summed E-state index contributed by atoms with van der Waals surface area (Å²) < 4.78 is 6.00. The minimum absolute atomic E-state index is 0.0716. The molecule has 0 aliphatic carbocycles. The van der Waals surface area contributed by atoms with E-state index in [0.717, 1.165) is 19.4 Å². The second-order valence-electron chi connectivity index (χ2n) is 7.53. The van der Waals surface area contributed by atoms with Gasteiger partial charge in [0.1, 0.15) is 5.60 Å². The van der Waals surface area contributed by atoms with Gasteiger partial charge in [-0.3, -0.25) is 14.6 Å². The average molecular weight is 345 g/mol. The first-order valence-electron chi connectivity index (χ1n) is 9.10. The summed E-state index contributed by atoms with van der Waals surface area (Å²) in [4.78, 5) is 30.1. The number of carbonyl (C=O) groups is 2. The Kier molecular flexibility index (Phi) is 5.37. The molecular formula is C19H27N3O3. The Hall–Kier alpha value is -1.95. The molecular weight excluding hydrogens is 318 g/mol. The zero-order valence-corrected chi connectivity index (χ0v) is 15.0. The smallest absolute Gasteiger partial charge is 0.251 e. The number of carbonyl (C=O) groups excluding carboxylic acids is 2. The van der Waals surface area contributed by atoms with E-state index in [0.29, 0.717) is 43.5 Å². The van der Waals surface area contributed by atoms with Gasteiger partial charge in [0.25, 0.3) is 5.91 Å². The van der Waals surface area contributed by atoms with Gasteiger partial charge in [0.2, 0.25) is 5.91 Å². The van der Waals surface area contributed by atoms with E-state index in [4.69, 9.17) is 4.74 Å². The van der Waals surface area contributed by atoms with E-state index in [-0.39, 0.29) is 17.4 Å². The maximum atomic E-state index is 12.2. The lowest BCUT2D eigenvalue weighted by Gasteiger charge is -2.50. The predicted molar refractivity (Wildman–Crippen MR) is 94.0 cm³/mol. The van der Waals surface area contributed by atoms with E-state index in [2.05, 4.69) is 24.1 Å². The van der Waals surface area contributed by atoms with Crippen LogP contribution in [-0.4, -0.2) is 53.5 Å². The Morgan fingerprint density at radius 2 is 2.08 bits per heavy atom. The molecule has 1 spiro atoms. The number of amides is 2. The molecule has 3 rings (SSSR count). The standard InChI is InChI=1S/C19H27N3O3/c1-14(2)11-17(23)22-12-19(13-22)16(6-10-25-19)5-9-21-18(24)15-3-7-20-8-4-15/h3-4,7-8,14,16H,5-6,9-13H2,1-2H3,(H,21,24)/t16-/m0/s1. The van der Waals surface area contributed by atoms with E-state index in [1.165, 1.54) is 0 Å². The molecule has 1 N–H and O–H groups in total. The van der Waals surface area contributed by atoms with E-state index in [1.807, 2.05) is 4.90 Å². The zero-order valence-electron chi connectivity index (χ0n) is 15.0. The number of pyridine rings is 1. The van der Waals surface area contributed by atoms with Crippen LogP contribution in [0.2, 0.25) is 0 Å². The van der Waals surface area contributed by atoms with Crippen LogP contribution in [0.15, 0.2) is 24.5 Å². The summed E-state index contributed by atoms with van der Waals surface area (Å²) in [6.45, 7) is 6.89. The first-order chi connectivity index (χ1) is 12.0. The molecule has 2 aliphatic heterocycles. The second kappa shape index (κ2) is 7.52. The lowest BCUT2D eigenvalue weighted by molar-refractivity contribution is -0.166. The van der Waals surface area contributed by atoms with Gasteiger partial charge in [-0.2, -0.15) is 0 Å². The van der Waals surface area contributed by atoms with Gasteiger partial charge in [0, 0.05) is 37.5 Å². The quantitative estimate of drug-likeness (QED) is 0.854. The van der Waals surface area contributed by atoms with Crippen LogP contribution >= 0.6 is 0 Å². The minimum Gasteiger partial charge on any atom is -0.371 e. The van der Waals surface area contributed by atoms with Gasteiger partial charge < -0.3 is 15.0 Å². The van der Waals surface area contributed by atoms with Gasteiger partial charge in [-0.05, 0) is 36.8 Å². The number of hydrogen-bond donors (Lipinski definition) is 1. The third-order valence-corrected chi connectivity index (χ3v) is 5.17. The first-order valence-corrected chi connectivity index (χ1v) is 9.10. The van der Waals surface area contributed by atoms with Crippen LogP contribution < -0.4 is 5.32 Å². The Morgan fingerprint density at radius 1 is 1.36 bits per heavy atom. The van der Waals surface area contributed by atoms with Crippen molar-refractivity contribution in [2.45, 2.75) is 38.7 Å². The van der Waals surface area contributed by atoms with Crippen molar-refractivity contribution >= 4 is 11.8 Å². The number of ether oxygens (including phenoxy) is 1. The topological polar surface area (TPSA) is 71.5 Å². The van der Waals surface area contributed by atoms with Crippen LogP contribution in [0.3, 0.4) is 0 Å². The fourth-order valence-corrected chi connectivity index (χ4v) is 3.76. The number of likely N-dealkylation sites (tertiary alicyclic amines) is 1. The van der Waals surface area contributed by atoms with Gasteiger partial charge in [-0.25, -0.2) is 0 Å². The van der Waals surface area contributed by atoms with Crippen LogP contribution in [0.5, 0.6) is 0 Å². The highest BCUT2D eigenvalue weighted by Gasteiger charge is 2.53. The minimum atomic E-state index is -0.186. The number of nitrogens with one attached hydrogen (secondary N) is 1. The summed E-state index contributed by atoms with van der Waals surface area (Å²) in [5.74, 6) is 0.930. The Morgan fingerprint density at radius 3 is 2.76 bits per heavy atom. The molecule has 1 aromatic heterocycles. The molecule has 2 saturated heterocycles. The summed E-state index contributed by atoms with van der Waals surface area (Å²) >= 11 is 0. The second-order valence-corrected chi connectivity index (χ2v) is 7.53. The summed E-state index contributed by atoms with van der Waals surface area (Å²) in [6, 6.07) is 3.42. The largest absolute Gasteiger partial charge is 0.371 e. The fourth-order valence-electron chi connectivity index (χ4n) is 3.76. The van der Waals surface area contributed by atoms with Gasteiger partial charge in [0.05, 0.1) is 13.1 Å². The van der Waals surface area contributed by atoms with Crippen LogP contribution in [0.1, 0.15) is 43.5 Å². The summed E-state index contributed by atoms with van der Waals surface area (Å²) in [5.41, 5.74) is 0.440. The molecule has 2 aliphatic rings. The summed E-state index contributed by atoms with van der Waals surface area (Å²) in [7, 11) is 0. The third kappa shape index (κ3) is 4.00. The molecule has 1 atom stereocenters. The van der Waals surface area contributed by atoms with Crippen molar-refractivity contribution in [2.24, 2.45) is 11.8 Å². The van der Waals surface area contributed by atoms with Gasteiger partial charge in [0.15, 0.2) is 0 Å². The maximum Gasteiger partial charge on any atom is 0.251 e. The van der Waals surface area contributed by atoms with Crippen LogP contribution in [-0.2, 0) is 9.53 Å². The molecule has 6 heteroatoms. The van der Waals surface area contributed by atoms with E-state index in [9.17, 15) is 9.59 Å². The third-order valence-electron chi connectivity index (χ3n) is 5.17. The molecule has 136 valence electrons. The number of aromatic nitrogens is 1. The molecule has 0 bridgehead atoms. The predicted octanol–water partition coefficient (Wildman–Crippen LogP) is 1.87. The summed E-state index contributed by atoms with van der Waals surface area (Å²) in [5, 5.41) is 2.97. The van der Waals surface area contributed by atoms with Crippen molar-refractivity contribution in [3.8, 4) is 0 Å². The van der Waals surface area contributed by atoms with E-state index < -0.39 is 0 Å². The SMILES string of the molecule is CC(C)CC(=O)N1CC2(C1)OCC[C@@H]2CCNC(=O)c1ccncc1. The molecule has 6 nitrogen and oxygen atoms in total. The fraction of sp³-hybridized carbons (Fsp3) is 0.632.